The van der Waals surface area contributed by atoms with Crippen LogP contribution in [0.2, 0.25) is 5.02 Å². The summed E-state index contributed by atoms with van der Waals surface area (Å²) in [4.78, 5) is 11.9. The Hall–Kier alpha value is -1.26. The van der Waals surface area contributed by atoms with Crippen molar-refractivity contribution in [2.45, 2.75) is 44.7 Å². The van der Waals surface area contributed by atoms with Crippen LogP contribution in [0.1, 0.15) is 37.7 Å². The van der Waals surface area contributed by atoms with E-state index in [1.165, 1.54) is 19.3 Å². The van der Waals surface area contributed by atoms with Gasteiger partial charge >= 0.3 is 0 Å². The Balaban J connectivity index is 1.84. The van der Waals surface area contributed by atoms with Crippen molar-refractivity contribution in [2.75, 3.05) is 6.61 Å². The zero-order valence-corrected chi connectivity index (χ0v) is 12.3. The van der Waals surface area contributed by atoms with Crippen LogP contribution in [0.5, 0.6) is 5.75 Å². The normalized spacial score (nSPS) is 15.9. The largest absolute Gasteiger partial charge is 0.483 e. The second-order valence-electron chi connectivity index (χ2n) is 5.15. The molecule has 0 aliphatic heterocycles. The minimum Gasteiger partial charge on any atom is -0.483 e. The van der Waals surface area contributed by atoms with Gasteiger partial charge in [0, 0.05) is 23.2 Å². The highest BCUT2D eigenvalue weighted by atomic mass is 35.5. The van der Waals surface area contributed by atoms with Gasteiger partial charge in [-0.05, 0) is 25.0 Å². The first kappa shape index (κ1) is 15.1. The fraction of sp³-hybridized carbons (Fsp3) is 0.533. The van der Waals surface area contributed by atoms with Crippen molar-refractivity contribution in [1.29, 1.82) is 0 Å². The van der Waals surface area contributed by atoms with Gasteiger partial charge in [0.2, 0.25) is 0 Å². The van der Waals surface area contributed by atoms with E-state index in [2.05, 4.69) is 5.32 Å². The van der Waals surface area contributed by atoms with Crippen LogP contribution >= 0.6 is 11.6 Å². The van der Waals surface area contributed by atoms with E-state index in [9.17, 15) is 4.79 Å². The van der Waals surface area contributed by atoms with Gasteiger partial charge in [-0.15, -0.1) is 0 Å². The van der Waals surface area contributed by atoms with Crippen LogP contribution in [0.4, 0.5) is 0 Å². The number of hydrogen-bond donors (Lipinski definition) is 2. The lowest BCUT2D eigenvalue weighted by Gasteiger charge is -2.22. The van der Waals surface area contributed by atoms with Crippen LogP contribution in [-0.4, -0.2) is 18.6 Å². The Morgan fingerprint density at radius 1 is 1.35 bits per heavy atom. The summed E-state index contributed by atoms with van der Waals surface area (Å²) in [6.45, 7) is 0.362. The van der Waals surface area contributed by atoms with E-state index in [1.54, 1.807) is 12.1 Å². The molecule has 0 spiro atoms. The van der Waals surface area contributed by atoms with Crippen molar-refractivity contribution in [3.63, 3.8) is 0 Å². The van der Waals surface area contributed by atoms with Crippen LogP contribution in [0.3, 0.4) is 0 Å². The summed E-state index contributed by atoms with van der Waals surface area (Å²) in [6, 6.07) is 5.57. The number of carbonyl (C=O) groups excluding carboxylic acids is 1. The molecule has 4 nitrogen and oxygen atoms in total. The predicted molar refractivity (Wildman–Crippen MR) is 79.9 cm³/mol. The minimum atomic E-state index is -0.0835. The number of hydrogen-bond acceptors (Lipinski definition) is 3. The predicted octanol–water partition coefficient (Wildman–Crippen LogP) is 2.63. The molecule has 1 aliphatic rings. The van der Waals surface area contributed by atoms with E-state index in [4.69, 9.17) is 22.1 Å². The molecule has 5 heteroatoms. The molecule has 1 aromatic carbocycles. The molecule has 2 rings (SSSR count). The van der Waals surface area contributed by atoms with Gasteiger partial charge in [-0.1, -0.05) is 36.9 Å². The third kappa shape index (κ3) is 4.39. The summed E-state index contributed by atoms with van der Waals surface area (Å²) in [5.41, 5.74) is 6.48. The van der Waals surface area contributed by atoms with Crippen LogP contribution in [-0.2, 0) is 11.3 Å². The average Bonchev–Trinajstić information content (AvgIpc) is 2.46. The van der Waals surface area contributed by atoms with E-state index in [-0.39, 0.29) is 12.5 Å². The Kier molecular flexibility index (Phi) is 5.68. The SMILES string of the molecule is NCc1ccc(Cl)cc1OCC(=O)NC1CCCCC1. The number of halogens is 1. The smallest absolute Gasteiger partial charge is 0.258 e. The molecule has 110 valence electrons. The maximum atomic E-state index is 11.9. The van der Waals surface area contributed by atoms with Crippen LogP contribution in [0, 0.1) is 0 Å². The molecular weight excluding hydrogens is 276 g/mol. The lowest BCUT2D eigenvalue weighted by atomic mass is 9.95. The molecule has 1 saturated carbocycles. The highest BCUT2D eigenvalue weighted by Gasteiger charge is 2.16. The van der Waals surface area contributed by atoms with Gasteiger partial charge in [-0.2, -0.15) is 0 Å². The molecule has 0 bridgehead atoms. The second-order valence-corrected chi connectivity index (χ2v) is 5.58. The van der Waals surface area contributed by atoms with Crippen molar-refractivity contribution in [3.8, 4) is 5.75 Å². The number of ether oxygens (including phenoxy) is 1. The van der Waals surface area contributed by atoms with Crippen molar-refractivity contribution in [1.82, 2.24) is 5.32 Å². The van der Waals surface area contributed by atoms with Crippen LogP contribution < -0.4 is 15.8 Å². The van der Waals surface area contributed by atoms with Gasteiger partial charge in [0.1, 0.15) is 5.75 Å². The summed E-state index contributed by atoms with van der Waals surface area (Å²) in [6.07, 6.45) is 5.79. The Morgan fingerprint density at radius 2 is 2.10 bits per heavy atom. The zero-order chi connectivity index (χ0) is 14.4. The summed E-state index contributed by atoms with van der Waals surface area (Å²) in [5, 5.41) is 3.59. The molecule has 1 aliphatic carbocycles. The maximum absolute atomic E-state index is 11.9. The topological polar surface area (TPSA) is 64.3 Å². The third-order valence-electron chi connectivity index (χ3n) is 3.58. The summed E-state index contributed by atoms with van der Waals surface area (Å²) >= 11 is 5.92. The first-order valence-corrected chi connectivity index (χ1v) is 7.47. The lowest BCUT2D eigenvalue weighted by molar-refractivity contribution is -0.124. The van der Waals surface area contributed by atoms with E-state index < -0.39 is 0 Å². The van der Waals surface area contributed by atoms with Crippen molar-refractivity contribution < 1.29 is 9.53 Å². The Bertz CT molecular complexity index is 459. The fourth-order valence-electron chi connectivity index (χ4n) is 2.49. The number of carbonyl (C=O) groups is 1. The van der Waals surface area contributed by atoms with Gasteiger partial charge < -0.3 is 15.8 Å². The molecule has 1 fully saturated rings. The van der Waals surface area contributed by atoms with Crippen LogP contribution in [0.15, 0.2) is 18.2 Å². The average molecular weight is 297 g/mol. The number of rotatable bonds is 5. The summed E-state index contributed by atoms with van der Waals surface area (Å²) in [7, 11) is 0. The highest BCUT2D eigenvalue weighted by molar-refractivity contribution is 6.30. The monoisotopic (exact) mass is 296 g/mol. The molecule has 0 radical (unpaired) electrons. The molecule has 0 atom stereocenters. The zero-order valence-electron chi connectivity index (χ0n) is 11.5. The first-order chi connectivity index (χ1) is 9.69. The molecule has 0 aromatic heterocycles. The number of nitrogens with one attached hydrogen (secondary N) is 1. The molecule has 0 saturated heterocycles. The molecule has 0 unspecified atom stereocenters. The fourth-order valence-corrected chi connectivity index (χ4v) is 2.65. The third-order valence-corrected chi connectivity index (χ3v) is 3.81. The summed E-state index contributed by atoms with van der Waals surface area (Å²) < 4.78 is 5.54. The number of benzene rings is 1. The first-order valence-electron chi connectivity index (χ1n) is 7.09. The summed E-state index contributed by atoms with van der Waals surface area (Å²) in [5.74, 6) is 0.499. The van der Waals surface area contributed by atoms with Gasteiger partial charge in [-0.25, -0.2) is 0 Å². The number of amides is 1. The molecule has 20 heavy (non-hydrogen) atoms. The van der Waals surface area contributed by atoms with E-state index in [0.29, 0.717) is 23.4 Å². The molecular formula is C15H21ClN2O2. The molecule has 0 heterocycles. The van der Waals surface area contributed by atoms with Gasteiger partial charge in [0.05, 0.1) is 0 Å². The molecule has 1 amide bonds. The van der Waals surface area contributed by atoms with Crippen molar-refractivity contribution >= 4 is 17.5 Å². The number of nitrogens with two attached hydrogens (primary N) is 1. The van der Waals surface area contributed by atoms with Crippen LogP contribution in [0.25, 0.3) is 0 Å². The van der Waals surface area contributed by atoms with E-state index >= 15 is 0 Å². The quantitative estimate of drug-likeness (QED) is 0.878. The van der Waals surface area contributed by atoms with Gasteiger partial charge in [-0.3, -0.25) is 4.79 Å². The van der Waals surface area contributed by atoms with Crippen molar-refractivity contribution in [2.24, 2.45) is 5.73 Å². The standard InChI is InChI=1S/C15H21ClN2O2/c16-12-7-6-11(9-17)14(8-12)20-10-15(19)18-13-4-2-1-3-5-13/h6-8,13H,1-5,9-10,17H2,(H,18,19). The van der Waals surface area contributed by atoms with Gasteiger partial charge in [0.15, 0.2) is 6.61 Å². The van der Waals surface area contributed by atoms with E-state index in [1.807, 2.05) is 6.07 Å². The minimum absolute atomic E-state index is 0.00381. The Labute approximate surface area is 124 Å². The highest BCUT2D eigenvalue weighted by Crippen LogP contribution is 2.23. The molecule has 1 aromatic rings. The maximum Gasteiger partial charge on any atom is 0.258 e. The van der Waals surface area contributed by atoms with E-state index in [0.717, 1.165) is 18.4 Å². The molecule has 3 N–H and O–H groups in total. The Morgan fingerprint density at radius 3 is 2.80 bits per heavy atom. The van der Waals surface area contributed by atoms with Crippen molar-refractivity contribution in [3.05, 3.63) is 28.8 Å². The lowest BCUT2D eigenvalue weighted by Crippen LogP contribution is -2.39. The second kappa shape index (κ2) is 7.50. The van der Waals surface area contributed by atoms with Gasteiger partial charge in [0.25, 0.3) is 5.91 Å².